The van der Waals surface area contributed by atoms with Crippen LogP contribution in [0.25, 0.3) is 71.3 Å². The zero-order chi connectivity index (χ0) is 28.3. The Morgan fingerprint density at radius 1 is 0.488 bits per heavy atom. The van der Waals surface area contributed by atoms with E-state index in [1.165, 1.54) is 71.3 Å². The third-order valence-electron chi connectivity index (χ3n) is 8.83. The van der Waals surface area contributed by atoms with Crippen LogP contribution >= 0.6 is 0 Å². The molecule has 2 heterocycles. The van der Waals surface area contributed by atoms with Crippen LogP contribution in [0.4, 0.5) is 0 Å². The van der Waals surface area contributed by atoms with Crippen LogP contribution in [0.1, 0.15) is 11.1 Å². The van der Waals surface area contributed by atoms with Crippen LogP contribution in [-0.4, -0.2) is 4.57 Å². The molecule has 202 valence electrons. The lowest BCUT2D eigenvalue weighted by Crippen LogP contribution is -1.93. The van der Waals surface area contributed by atoms with Crippen LogP contribution in [0.2, 0.25) is 0 Å². The quantitative estimate of drug-likeness (QED) is 0.213. The molecule has 0 aliphatic heterocycles. The van der Waals surface area contributed by atoms with Crippen LogP contribution in [0.3, 0.4) is 0 Å². The maximum Gasteiger partial charge on any atom is 0.139 e. The third-order valence-corrected chi connectivity index (χ3v) is 8.83. The van der Waals surface area contributed by atoms with Gasteiger partial charge in [-0.1, -0.05) is 115 Å². The maximum atomic E-state index is 6.45. The predicted octanol–water partition coefficient (Wildman–Crippen LogP) is 11.1. The molecular formula is C41H27NO. The Labute approximate surface area is 249 Å². The standard InChI is InChI=1S/C41H27NO/c1-2-10-33-30(9-1)26-31(41-40(33)36-13-5-8-16-39(36)43-41)25-27-17-19-28(20-18-27)29-21-23-32(24-22-29)42-37-14-6-3-11-34(37)35-12-4-7-15-38(35)42/h1-24,26H,25H2. The van der Waals surface area contributed by atoms with E-state index in [4.69, 9.17) is 4.42 Å². The Hall–Kier alpha value is -5.60. The fourth-order valence-electron chi connectivity index (χ4n) is 6.81. The molecule has 0 saturated heterocycles. The predicted molar refractivity (Wildman–Crippen MR) is 180 cm³/mol. The van der Waals surface area contributed by atoms with Crippen LogP contribution in [-0.2, 0) is 6.42 Å². The fraction of sp³-hybridized carbons (Fsp3) is 0.0244. The van der Waals surface area contributed by atoms with E-state index in [2.05, 4.69) is 150 Å². The van der Waals surface area contributed by atoms with Gasteiger partial charge >= 0.3 is 0 Å². The molecule has 0 aliphatic rings. The van der Waals surface area contributed by atoms with Crippen molar-refractivity contribution in [3.8, 4) is 16.8 Å². The number of fused-ring (bicyclic) bond motifs is 8. The molecule has 2 heteroatoms. The van der Waals surface area contributed by atoms with E-state index in [0.717, 1.165) is 17.6 Å². The highest BCUT2D eigenvalue weighted by Gasteiger charge is 2.15. The number of para-hydroxylation sites is 3. The Morgan fingerprint density at radius 2 is 1.05 bits per heavy atom. The Bertz CT molecular complexity index is 2410. The van der Waals surface area contributed by atoms with E-state index in [1.54, 1.807) is 0 Å². The van der Waals surface area contributed by atoms with Gasteiger partial charge in [-0.15, -0.1) is 0 Å². The molecule has 2 nitrogen and oxygen atoms in total. The smallest absolute Gasteiger partial charge is 0.139 e. The van der Waals surface area contributed by atoms with Crippen molar-refractivity contribution in [3.05, 3.63) is 163 Å². The van der Waals surface area contributed by atoms with Crippen molar-refractivity contribution in [1.29, 1.82) is 0 Å². The highest BCUT2D eigenvalue weighted by molar-refractivity contribution is 6.19. The Morgan fingerprint density at radius 3 is 1.74 bits per heavy atom. The number of nitrogens with zero attached hydrogens (tertiary/aromatic N) is 1. The summed E-state index contributed by atoms with van der Waals surface area (Å²) in [7, 11) is 0. The SMILES string of the molecule is c1ccc2c(c1)cc(Cc1ccc(-c3ccc(-n4c5ccccc5c5ccccc54)cc3)cc1)c1oc3ccccc3c12. The number of hydrogen-bond donors (Lipinski definition) is 0. The molecule has 0 spiro atoms. The van der Waals surface area contributed by atoms with Crippen LogP contribution in [0, 0.1) is 0 Å². The van der Waals surface area contributed by atoms with Crippen molar-refractivity contribution in [2.75, 3.05) is 0 Å². The summed E-state index contributed by atoms with van der Waals surface area (Å²) >= 11 is 0. The number of aromatic nitrogens is 1. The van der Waals surface area contributed by atoms with Gasteiger partial charge < -0.3 is 8.98 Å². The molecule has 7 aromatic carbocycles. The average molecular weight is 550 g/mol. The molecule has 0 amide bonds. The second-order valence-corrected chi connectivity index (χ2v) is 11.3. The van der Waals surface area contributed by atoms with Gasteiger partial charge in [0.25, 0.3) is 0 Å². The van der Waals surface area contributed by atoms with Gasteiger partial charge in [-0.25, -0.2) is 0 Å². The van der Waals surface area contributed by atoms with Crippen LogP contribution < -0.4 is 0 Å². The fourth-order valence-corrected chi connectivity index (χ4v) is 6.81. The molecule has 0 bridgehead atoms. The monoisotopic (exact) mass is 549 g/mol. The average Bonchev–Trinajstić information content (AvgIpc) is 3.62. The van der Waals surface area contributed by atoms with E-state index in [9.17, 15) is 0 Å². The summed E-state index contributed by atoms with van der Waals surface area (Å²) in [4.78, 5) is 0. The number of hydrogen-bond acceptors (Lipinski definition) is 1. The number of benzene rings is 7. The molecular weight excluding hydrogens is 522 g/mol. The summed E-state index contributed by atoms with van der Waals surface area (Å²) in [6, 6.07) is 54.5. The van der Waals surface area contributed by atoms with Crippen molar-refractivity contribution in [2.45, 2.75) is 6.42 Å². The molecule has 0 fully saturated rings. The van der Waals surface area contributed by atoms with Crippen molar-refractivity contribution >= 4 is 54.5 Å². The largest absolute Gasteiger partial charge is 0.456 e. The van der Waals surface area contributed by atoms with E-state index in [-0.39, 0.29) is 0 Å². The second-order valence-electron chi connectivity index (χ2n) is 11.3. The Balaban J connectivity index is 1.06. The zero-order valence-corrected chi connectivity index (χ0v) is 23.5. The highest BCUT2D eigenvalue weighted by Crippen LogP contribution is 2.38. The van der Waals surface area contributed by atoms with Gasteiger partial charge in [-0.05, 0) is 63.9 Å². The summed E-state index contributed by atoms with van der Waals surface area (Å²) in [6.07, 6.45) is 0.814. The van der Waals surface area contributed by atoms with Crippen molar-refractivity contribution in [2.24, 2.45) is 0 Å². The lowest BCUT2D eigenvalue weighted by atomic mass is 9.95. The van der Waals surface area contributed by atoms with Crippen LogP contribution in [0.5, 0.6) is 0 Å². The van der Waals surface area contributed by atoms with Gasteiger partial charge in [0, 0.05) is 39.2 Å². The molecule has 0 N–H and O–H groups in total. The first-order chi connectivity index (χ1) is 21.3. The zero-order valence-electron chi connectivity index (χ0n) is 23.5. The molecule has 0 aliphatic carbocycles. The molecule has 0 unspecified atom stereocenters. The first kappa shape index (κ1) is 24.0. The molecule has 9 rings (SSSR count). The summed E-state index contributed by atoms with van der Waals surface area (Å²) in [5.41, 5.74) is 10.5. The van der Waals surface area contributed by atoms with Crippen molar-refractivity contribution in [3.63, 3.8) is 0 Å². The lowest BCUT2D eigenvalue weighted by molar-refractivity contribution is 0.664. The van der Waals surface area contributed by atoms with Gasteiger partial charge in [0.2, 0.25) is 0 Å². The number of rotatable bonds is 4. The summed E-state index contributed by atoms with van der Waals surface area (Å²) in [5, 5.41) is 7.44. The second kappa shape index (κ2) is 9.47. The van der Waals surface area contributed by atoms with Gasteiger partial charge in [0.15, 0.2) is 0 Å². The highest BCUT2D eigenvalue weighted by atomic mass is 16.3. The minimum atomic E-state index is 0.814. The first-order valence-corrected chi connectivity index (χ1v) is 14.8. The van der Waals surface area contributed by atoms with Gasteiger partial charge in [0.1, 0.15) is 11.2 Å². The maximum absolute atomic E-state index is 6.45. The molecule has 9 aromatic rings. The summed E-state index contributed by atoms with van der Waals surface area (Å²) in [6.45, 7) is 0. The number of furan rings is 1. The summed E-state index contributed by atoms with van der Waals surface area (Å²) < 4.78 is 8.81. The molecule has 0 radical (unpaired) electrons. The van der Waals surface area contributed by atoms with Gasteiger partial charge in [-0.2, -0.15) is 0 Å². The van der Waals surface area contributed by atoms with Crippen molar-refractivity contribution < 1.29 is 4.42 Å². The third kappa shape index (κ3) is 3.80. The van der Waals surface area contributed by atoms with Gasteiger partial charge in [-0.3, -0.25) is 0 Å². The Kier molecular flexibility index (Phi) is 5.30. The topological polar surface area (TPSA) is 18.1 Å². The molecule has 2 aromatic heterocycles. The first-order valence-electron chi connectivity index (χ1n) is 14.8. The van der Waals surface area contributed by atoms with E-state index < -0.39 is 0 Å². The molecule has 0 atom stereocenters. The van der Waals surface area contributed by atoms with E-state index >= 15 is 0 Å². The molecule has 43 heavy (non-hydrogen) atoms. The lowest BCUT2D eigenvalue weighted by Gasteiger charge is -2.10. The van der Waals surface area contributed by atoms with E-state index in [0.29, 0.717) is 0 Å². The summed E-state index contributed by atoms with van der Waals surface area (Å²) in [5.74, 6) is 0. The van der Waals surface area contributed by atoms with Crippen LogP contribution in [0.15, 0.2) is 156 Å². The molecule has 0 saturated carbocycles. The van der Waals surface area contributed by atoms with E-state index in [1.807, 2.05) is 6.07 Å². The minimum Gasteiger partial charge on any atom is -0.456 e. The van der Waals surface area contributed by atoms with Crippen molar-refractivity contribution in [1.82, 2.24) is 4.57 Å². The minimum absolute atomic E-state index is 0.814. The van der Waals surface area contributed by atoms with Gasteiger partial charge in [0.05, 0.1) is 11.0 Å². The normalized spacial score (nSPS) is 11.8.